The van der Waals surface area contributed by atoms with Gasteiger partial charge in [-0.05, 0) is 38.0 Å². The Kier molecular flexibility index (Phi) is 4.40. The molecule has 1 heterocycles. The predicted molar refractivity (Wildman–Crippen MR) is 71.2 cm³/mol. The Bertz CT molecular complexity index is 450. The summed E-state index contributed by atoms with van der Waals surface area (Å²) in [7, 11) is 0. The lowest BCUT2D eigenvalue weighted by atomic mass is 10.1. The Morgan fingerprint density at radius 3 is 2.68 bits per heavy atom. The summed E-state index contributed by atoms with van der Waals surface area (Å²) in [5.74, 6) is 0. The molecule has 0 aromatic heterocycles. The van der Waals surface area contributed by atoms with Crippen molar-refractivity contribution in [2.45, 2.75) is 38.1 Å². The summed E-state index contributed by atoms with van der Waals surface area (Å²) in [5.41, 5.74) is -0.211. The molecule has 1 aliphatic rings. The van der Waals surface area contributed by atoms with Crippen molar-refractivity contribution in [3.05, 3.63) is 28.2 Å². The van der Waals surface area contributed by atoms with Crippen molar-refractivity contribution in [1.82, 2.24) is 0 Å². The SMILES string of the molecule is CC1CCC(CNc2ccc(Br)c(C(F)(F)F)c2)O1. The summed E-state index contributed by atoms with van der Waals surface area (Å²) in [6.07, 6.45) is -2.10. The molecule has 2 atom stereocenters. The van der Waals surface area contributed by atoms with Gasteiger partial charge in [-0.25, -0.2) is 0 Å². The molecule has 1 N–H and O–H groups in total. The summed E-state index contributed by atoms with van der Waals surface area (Å²) in [4.78, 5) is 0. The predicted octanol–water partition coefficient (Wildman–Crippen LogP) is 4.45. The molecule has 19 heavy (non-hydrogen) atoms. The molecule has 0 aliphatic carbocycles. The van der Waals surface area contributed by atoms with Gasteiger partial charge < -0.3 is 10.1 Å². The largest absolute Gasteiger partial charge is 0.417 e. The fourth-order valence-electron chi connectivity index (χ4n) is 2.12. The van der Waals surface area contributed by atoms with Crippen LogP contribution in [0.3, 0.4) is 0 Å². The molecule has 2 rings (SSSR count). The number of ether oxygens (including phenoxy) is 1. The fourth-order valence-corrected chi connectivity index (χ4v) is 2.59. The molecule has 2 unspecified atom stereocenters. The van der Waals surface area contributed by atoms with Crippen molar-refractivity contribution < 1.29 is 17.9 Å². The number of anilines is 1. The topological polar surface area (TPSA) is 21.3 Å². The van der Waals surface area contributed by atoms with E-state index < -0.39 is 11.7 Å². The van der Waals surface area contributed by atoms with E-state index in [1.807, 2.05) is 6.92 Å². The summed E-state index contributed by atoms with van der Waals surface area (Å²) in [6, 6.07) is 4.14. The molecule has 1 aromatic rings. The molecule has 0 radical (unpaired) electrons. The molecular weight excluding hydrogens is 323 g/mol. The second-order valence-corrected chi connectivity index (χ2v) is 5.57. The van der Waals surface area contributed by atoms with Gasteiger partial charge in [-0.15, -0.1) is 0 Å². The fraction of sp³-hybridized carbons (Fsp3) is 0.538. The van der Waals surface area contributed by atoms with Gasteiger partial charge in [0.1, 0.15) is 0 Å². The van der Waals surface area contributed by atoms with E-state index in [1.165, 1.54) is 6.07 Å². The van der Waals surface area contributed by atoms with Gasteiger partial charge in [0.05, 0.1) is 17.8 Å². The average Bonchev–Trinajstić information content (AvgIpc) is 2.72. The molecule has 0 spiro atoms. The van der Waals surface area contributed by atoms with Gasteiger partial charge in [-0.3, -0.25) is 0 Å². The standard InChI is InChI=1S/C13H15BrF3NO/c1-8-2-4-10(19-8)7-18-9-3-5-12(14)11(6-9)13(15,16)17/h3,5-6,8,10,18H,2,4,7H2,1H3. The first-order valence-electron chi connectivity index (χ1n) is 6.12. The summed E-state index contributed by atoms with van der Waals surface area (Å²) >= 11 is 2.92. The Morgan fingerprint density at radius 2 is 2.11 bits per heavy atom. The van der Waals surface area contributed by atoms with Crippen LogP contribution in [0, 0.1) is 0 Å². The molecule has 2 nitrogen and oxygen atoms in total. The maximum absolute atomic E-state index is 12.7. The lowest BCUT2D eigenvalue weighted by Gasteiger charge is -2.15. The van der Waals surface area contributed by atoms with E-state index in [4.69, 9.17) is 4.74 Å². The van der Waals surface area contributed by atoms with Gasteiger partial charge in [0.2, 0.25) is 0 Å². The number of hydrogen-bond donors (Lipinski definition) is 1. The molecule has 1 fully saturated rings. The quantitative estimate of drug-likeness (QED) is 0.879. The number of benzene rings is 1. The molecule has 106 valence electrons. The number of hydrogen-bond acceptors (Lipinski definition) is 2. The average molecular weight is 338 g/mol. The zero-order valence-corrected chi connectivity index (χ0v) is 12.0. The van der Waals surface area contributed by atoms with Crippen molar-refractivity contribution in [1.29, 1.82) is 0 Å². The highest BCUT2D eigenvalue weighted by molar-refractivity contribution is 9.10. The second-order valence-electron chi connectivity index (χ2n) is 4.72. The van der Waals surface area contributed by atoms with Crippen LogP contribution in [0.15, 0.2) is 22.7 Å². The minimum Gasteiger partial charge on any atom is -0.382 e. The number of rotatable bonds is 3. The number of nitrogens with one attached hydrogen (secondary N) is 1. The highest BCUT2D eigenvalue weighted by atomic mass is 79.9. The van der Waals surface area contributed by atoms with Crippen LogP contribution in [-0.2, 0) is 10.9 Å². The van der Waals surface area contributed by atoms with E-state index in [-0.39, 0.29) is 16.7 Å². The highest BCUT2D eigenvalue weighted by Gasteiger charge is 2.33. The van der Waals surface area contributed by atoms with E-state index in [9.17, 15) is 13.2 Å². The molecule has 0 bridgehead atoms. The minimum atomic E-state index is -4.35. The Hall–Kier alpha value is -0.750. The number of halogens is 4. The van der Waals surface area contributed by atoms with Gasteiger partial charge in [-0.1, -0.05) is 15.9 Å². The third-order valence-electron chi connectivity index (χ3n) is 3.13. The lowest BCUT2D eigenvalue weighted by Crippen LogP contribution is -2.20. The third kappa shape index (κ3) is 3.86. The van der Waals surface area contributed by atoms with Gasteiger partial charge in [0.15, 0.2) is 0 Å². The van der Waals surface area contributed by atoms with Crippen LogP contribution in [0.5, 0.6) is 0 Å². The van der Waals surface area contributed by atoms with Crippen LogP contribution in [0.4, 0.5) is 18.9 Å². The van der Waals surface area contributed by atoms with Crippen molar-refractivity contribution >= 4 is 21.6 Å². The summed E-state index contributed by atoms with van der Waals surface area (Å²) in [5, 5.41) is 3.00. The van der Waals surface area contributed by atoms with E-state index in [0.29, 0.717) is 12.2 Å². The van der Waals surface area contributed by atoms with Crippen LogP contribution < -0.4 is 5.32 Å². The third-order valence-corrected chi connectivity index (χ3v) is 3.82. The Labute approximate surface area is 118 Å². The molecule has 0 saturated carbocycles. The summed E-state index contributed by atoms with van der Waals surface area (Å²) in [6.45, 7) is 2.53. The van der Waals surface area contributed by atoms with Gasteiger partial charge in [0, 0.05) is 16.7 Å². The van der Waals surface area contributed by atoms with Crippen molar-refractivity contribution in [2.75, 3.05) is 11.9 Å². The smallest absolute Gasteiger partial charge is 0.382 e. The van der Waals surface area contributed by atoms with Crippen LogP contribution in [0.25, 0.3) is 0 Å². The molecule has 1 aliphatic heterocycles. The molecular formula is C13H15BrF3NO. The van der Waals surface area contributed by atoms with Crippen LogP contribution in [-0.4, -0.2) is 18.8 Å². The van der Waals surface area contributed by atoms with Crippen LogP contribution in [0.2, 0.25) is 0 Å². The first-order valence-corrected chi connectivity index (χ1v) is 6.91. The van der Waals surface area contributed by atoms with E-state index in [2.05, 4.69) is 21.2 Å². The van der Waals surface area contributed by atoms with Crippen molar-refractivity contribution in [2.24, 2.45) is 0 Å². The molecule has 6 heteroatoms. The molecule has 1 aromatic carbocycles. The normalized spacial score (nSPS) is 23.6. The molecule has 1 saturated heterocycles. The highest BCUT2D eigenvalue weighted by Crippen LogP contribution is 2.36. The second kappa shape index (κ2) is 5.71. The maximum Gasteiger partial charge on any atom is 0.417 e. The Balaban J connectivity index is 2.01. The van der Waals surface area contributed by atoms with E-state index >= 15 is 0 Å². The monoisotopic (exact) mass is 337 g/mol. The van der Waals surface area contributed by atoms with Gasteiger partial charge >= 0.3 is 6.18 Å². The van der Waals surface area contributed by atoms with Gasteiger partial charge in [0.25, 0.3) is 0 Å². The van der Waals surface area contributed by atoms with Crippen LogP contribution in [0.1, 0.15) is 25.3 Å². The summed E-state index contributed by atoms with van der Waals surface area (Å²) < 4.78 is 43.9. The minimum absolute atomic E-state index is 0.0521. The van der Waals surface area contributed by atoms with E-state index in [1.54, 1.807) is 6.07 Å². The van der Waals surface area contributed by atoms with E-state index in [0.717, 1.165) is 18.9 Å². The zero-order valence-electron chi connectivity index (χ0n) is 10.4. The van der Waals surface area contributed by atoms with Crippen molar-refractivity contribution in [3.8, 4) is 0 Å². The van der Waals surface area contributed by atoms with Crippen LogP contribution >= 0.6 is 15.9 Å². The van der Waals surface area contributed by atoms with Gasteiger partial charge in [-0.2, -0.15) is 13.2 Å². The first kappa shape index (κ1) is 14.7. The molecule has 0 amide bonds. The first-order chi connectivity index (χ1) is 8.86. The zero-order chi connectivity index (χ0) is 14.0. The Morgan fingerprint density at radius 1 is 1.37 bits per heavy atom. The maximum atomic E-state index is 12.7. The van der Waals surface area contributed by atoms with Crippen molar-refractivity contribution in [3.63, 3.8) is 0 Å². The lowest BCUT2D eigenvalue weighted by molar-refractivity contribution is -0.138. The number of alkyl halides is 3.